The highest BCUT2D eigenvalue weighted by molar-refractivity contribution is 5.18. The van der Waals surface area contributed by atoms with E-state index in [1.807, 2.05) is 12.1 Å². The smallest absolute Gasteiger partial charge is 0.126 e. The van der Waals surface area contributed by atoms with E-state index in [1.54, 1.807) is 6.07 Å². The van der Waals surface area contributed by atoms with Crippen molar-refractivity contribution in [1.82, 2.24) is 4.90 Å². The normalized spacial score (nSPS) is 22.9. The van der Waals surface area contributed by atoms with Crippen molar-refractivity contribution in [2.75, 3.05) is 13.2 Å². The monoisotopic (exact) mass is 251 g/mol. The minimum absolute atomic E-state index is 0.123. The number of benzene rings is 1. The van der Waals surface area contributed by atoms with Gasteiger partial charge in [0.15, 0.2) is 0 Å². The molecule has 0 amide bonds. The number of hydrogen-bond donors (Lipinski definition) is 1. The highest BCUT2D eigenvalue weighted by atomic mass is 19.1. The van der Waals surface area contributed by atoms with Gasteiger partial charge in [-0.3, -0.25) is 4.90 Å². The molecular weight excluding hydrogens is 229 g/mol. The lowest BCUT2D eigenvalue weighted by molar-refractivity contribution is 0.0589. The van der Waals surface area contributed by atoms with Crippen LogP contribution in [0.5, 0.6) is 0 Å². The molecule has 0 aliphatic carbocycles. The van der Waals surface area contributed by atoms with Crippen molar-refractivity contribution in [2.24, 2.45) is 0 Å². The quantitative estimate of drug-likeness (QED) is 0.889. The van der Waals surface area contributed by atoms with E-state index in [0.717, 1.165) is 18.5 Å². The third kappa shape index (κ3) is 3.09. The van der Waals surface area contributed by atoms with Crippen LogP contribution in [0.1, 0.15) is 31.7 Å². The Bertz CT molecular complexity index is 383. The maximum Gasteiger partial charge on any atom is 0.126 e. The molecule has 2 rings (SSSR count). The van der Waals surface area contributed by atoms with E-state index < -0.39 is 0 Å². The van der Waals surface area contributed by atoms with Crippen molar-refractivity contribution in [2.45, 2.75) is 44.7 Å². The first-order valence-electron chi connectivity index (χ1n) is 6.82. The Morgan fingerprint density at radius 1 is 1.39 bits per heavy atom. The van der Waals surface area contributed by atoms with Crippen molar-refractivity contribution in [3.05, 3.63) is 35.6 Å². The maximum atomic E-state index is 13.6. The first kappa shape index (κ1) is 13.5. The van der Waals surface area contributed by atoms with Gasteiger partial charge in [0.2, 0.25) is 0 Å². The number of piperidine rings is 1. The van der Waals surface area contributed by atoms with E-state index in [0.29, 0.717) is 6.42 Å². The predicted molar refractivity (Wildman–Crippen MR) is 71.0 cm³/mol. The van der Waals surface area contributed by atoms with Crippen LogP contribution < -0.4 is 0 Å². The lowest BCUT2D eigenvalue weighted by atomic mass is 9.97. The summed E-state index contributed by atoms with van der Waals surface area (Å²) in [6.45, 7) is 3.35. The number of aliphatic hydroxyl groups is 1. The average Bonchev–Trinajstić information content (AvgIpc) is 2.41. The Kier molecular flexibility index (Phi) is 4.72. The van der Waals surface area contributed by atoms with E-state index >= 15 is 0 Å². The summed E-state index contributed by atoms with van der Waals surface area (Å²) in [6.07, 6.45) is 4.13. The molecule has 0 radical (unpaired) electrons. The second kappa shape index (κ2) is 6.30. The molecule has 1 aliphatic rings. The molecule has 3 heteroatoms. The summed E-state index contributed by atoms with van der Waals surface area (Å²) in [6, 6.07) is 7.50. The molecule has 0 aromatic heterocycles. The van der Waals surface area contributed by atoms with Crippen LogP contribution in [0.4, 0.5) is 4.39 Å². The summed E-state index contributed by atoms with van der Waals surface area (Å²) in [5, 5.41) is 9.42. The predicted octanol–water partition coefficient (Wildman–Crippen LogP) is 2.60. The molecule has 1 aliphatic heterocycles. The zero-order chi connectivity index (χ0) is 13.0. The molecule has 1 saturated heterocycles. The number of hydrogen-bond acceptors (Lipinski definition) is 2. The van der Waals surface area contributed by atoms with Gasteiger partial charge in [0.05, 0.1) is 6.61 Å². The summed E-state index contributed by atoms with van der Waals surface area (Å²) in [7, 11) is 0. The largest absolute Gasteiger partial charge is 0.395 e. The molecule has 0 spiro atoms. The molecule has 1 heterocycles. The first-order chi connectivity index (χ1) is 8.72. The van der Waals surface area contributed by atoms with Gasteiger partial charge in [-0.2, -0.15) is 0 Å². The topological polar surface area (TPSA) is 23.5 Å². The fourth-order valence-corrected chi connectivity index (χ4v) is 2.90. The molecule has 2 unspecified atom stereocenters. The van der Waals surface area contributed by atoms with Gasteiger partial charge in [-0.1, -0.05) is 24.6 Å². The standard InChI is InChI=1S/C15H22FNO/c1-12(10-13-6-2-3-8-15(13)16)17-9-5-4-7-14(17)11-18/h2-3,6,8,12,14,18H,4-5,7,9-11H2,1H3. The van der Waals surface area contributed by atoms with Gasteiger partial charge in [-0.15, -0.1) is 0 Å². The Morgan fingerprint density at radius 2 is 2.17 bits per heavy atom. The van der Waals surface area contributed by atoms with E-state index in [2.05, 4.69) is 11.8 Å². The number of nitrogens with zero attached hydrogens (tertiary/aromatic N) is 1. The highest BCUT2D eigenvalue weighted by Crippen LogP contribution is 2.21. The molecule has 1 aromatic rings. The molecule has 1 aromatic carbocycles. The summed E-state index contributed by atoms with van der Waals surface area (Å²) in [4.78, 5) is 2.33. The lowest BCUT2D eigenvalue weighted by Crippen LogP contribution is -2.47. The van der Waals surface area contributed by atoms with Gasteiger partial charge < -0.3 is 5.11 Å². The van der Waals surface area contributed by atoms with Crippen LogP contribution in [0, 0.1) is 5.82 Å². The minimum atomic E-state index is -0.123. The van der Waals surface area contributed by atoms with Gasteiger partial charge >= 0.3 is 0 Å². The fraction of sp³-hybridized carbons (Fsp3) is 0.600. The molecule has 100 valence electrons. The van der Waals surface area contributed by atoms with Gasteiger partial charge in [0.25, 0.3) is 0 Å². The highest BCUT2D eigenvalue weighted by Gasteiger charge is 2.26. The average molecular weight is 251 g/mol. The SMILES string of the molecule is CC(Cc1ccccc1F)N1CCCCC1CO. The molecule has 1 N–H and O–H groups in total. The van der Waals surface area contributed by atoms with Crippen LogP contribution in [-0.4, -0.2) is 35.2 Å². The first-order valence-corrected chi connectivity index (χ1v) is 6.82. The third-order valence-electron chi connectivity index (χ3n) is 3.92. The minimum Gasteiger partial charge on any atom is -0.395 e. The Balaban J connectivity index is 2.02. The summed E-state index contributed by atoms with van der Waals surface area (Å²) in [5.41, 5.74) is 0.771. The second-order valence-corrected chi connectivity index (χ2v) is 5.21. The van der Waals surface area contributed by atoms with Gasteiger partial charge in [-0.25, -0.2) is 4.39 Å². The molecular formula is C15H22FNO. The molecule has 18 heavy (non-hydrogen) atoms. The van der Waals surface area contributed by atoms with Crippen molar-refractivity contribution in [3.8, 4) is 0 Å². The van der Waals surface area contributed by atoms with Crippen molar-refractivity contribution in [3.63, 3.8) is 0 Å². The zero-order valence-electron chi connectivity index (χ0n) is 11.0. The van der Waals surface area contributed by atoms with Crippen molar-refractivity contribution in [1.29, 1.82) is 0 Å². The van der Waals surface area contributed by atoms with E-state index in [9.17, 15) is 9.50 Å². The van der Waals surface area contributed by atoms with Crippen LogP contribution in [0.15, 0.2) is 24.3 Å². The molecule has 0 bridgehead atoms. The molecule has 0 saturated carbocycles. The summed E-state index contributed by atoms with van der Waals surface area (Å²) >= 11 is 0. The van der Waals surface area contributed by atoms with Crippen LogP contribution in [0.3, 0.4) is 0 Å². The van der Waals surface area contributed by atoms with Crippen LogP contribution in [0.2, 0.25) is 0 Å². The fourth-order valence-electron chi connectivity index (χ4n) is 2.90. The van der Waals surface area contributed by atoms with Gasteiger partial charge in [-0.05, 0) is 44.4 Å². The Labute approximate surface area is 108 Å². The van der Waals surface area contributed by atoms with Crippen LogP contribution >= 0.6 is 0 Å². The summed E-state index contributed by atoms with van der Waals surface area (Å²) < 4.78 is 13.6. The lowest BCUT2D eigenvalue weighted by Gasteiger charge is -2.39. The Hall–Kier alpha value is -0.930. The van der Waals surface area contributed by atoms with E-state index in [4.69, 9.17) is 0 Å². The molecule has 1 fully saturated rings. The second-order valence-electron chi connectivity index (χ2n) is 5.21. The third-order valence-corrected chi connectivity index (χ3v) is 3.92. The van der Waals surface area contributed by atoms with Gasteiger partial charge in [0.1, 0.15) is 5.82 Å². The van der Waals surface area contributed by atoms with Crippen LogP contribution in [-0.2, 0) is 6.42 Å². The number of aliphatic hydroxyl groups excluding tert-OH is 1. The van der Waals surface area contributed by atoms with E-state index in [1.165, 1.54) is 18.9 Å². The van der Waals surface area contributed by atoms with Crippen molar-refractivity contribution >= 4 is 0 Å². The number of halogens is 1. The zero-order valence-corrected chi connectivity index (χ0v) is 11.0. The van der Waals surface area contributed by atoms with Crippen LogP contribution in [0.25, 0.3) is 0 Å². The number of likely N-dealkylation sites (tertiary alicyclic amines) is 1. The number of rotatable bonds is 4. The molecule has 2 nitrogen and oxygen atoms in total. The van der Waals surface area contributed by atoms with E-state index in [-0.39, 0.29) is 24.5 Å². The summed E-state index contributed by atoms with van der Waals surface area (Å²) in [5.74, 6) is -0.123. The van der Waals surface area contributed by atoms with Crippen molar-refractivity contribution < 1.29 is 9.50 Å². The van der Waals surface area contributed by atoms with Gasteiger partial charge in [0, 0.05) is 12.1 Å². The Morgan fingerprint density at radius 3 is 2.89 bits per heavy atom. The molecule has 2 atom stereocenters. The maximum absolute atomic E-state index is 13.6.